The van der Waals surface area contributed by atoms with Crippen LogP contribution in [0.3, 0.4) is 0 Å². The van der Waals surface area contributed by atoms with Crippen molar-refractivity contribution in [3.05, 3.63) is 42.2 Å². The van der Waals surface area contributed by atoms with Crippen molar-refractivity contribution < 1.29 is 9.47 Å². The summed E-state index contributed by atoms with van der Waals surface area (Å²) in [6.07, 6.45) is 1.37. The Morgan fingerprint density at radius 2 is 2.12 bits per heavy atom. The fourth-order valence-electron chi connectivity index (χ4n) is 1.35. The van der Waals surface area contributed by atoms with Gasteiger partial charge in [-0.1, -0.05) is 12.1 Å². The fourth-order valence-corrected chi connectivity index (χ4v) is 1.35. The highest BCUT2D eigenvalue weighted by molar-refractivity contribution is 5.31. The van der Waals surface area contributed by atoms with Crippen molar-refractivity contribution >= 4 is 5.82 Å². The number of nitrogens with zero attached hydrogens (tertiary/aromatic N) is 2. The van der Waals surface area contributed by atoms with Gasteiger partial charge >= 0.3 is 0 Å². The minimum Gasteiger partial charge on any atom is -0.497 e. The summed E-state index contributed by atoms with van der Waals surface area (Å²) >= 11 is 0. The lowest BCUT2D eigenvalue weighted by molar-refractivity contribution is 0.292. The first-order chi connectivity index (χ1) is 8.28. The number of ether oxygens (including phenoxy) is 2. The molecule has 0 saturated carbocycles. The van der Waals surface area contributed by atoms with Crippen molar-refractivity contribution in [1.82, 2.24) is 9.97 Å². The van der Waals surface area contributed by atoms with E-state index in [9.17, 15) is 0 Å². The van der Waals surface area contributed by atoms with Gasteiger partial charge in [-0.3, -0.25) is 0 Å². The molecule has 5 heteroatoms. The second kappa shape index (κ2) is 5.16. The number of hydrogen-bond donors (Lipinski definition) is 1. The molecule has 2 rings (SSSR count). The second-order valence-corrected chi connectivity index (χ2v) is 3.42. The minimum atomic E-state index is 0.389. The minimum absolute atomic E-state index is 0.389. The van der Waals surface area contributed by atoms with E-state index in [4.69, 9.17) is 15.2 Å². The van der Waals surface area contributed by atoms with E-state index in [-0.39, 0.29) is 0 Å². The normalized spacial score (nSPS) is 9.94. The van der Waals surface area contributed by atoms with Crippen molar-refractivity contribution in [3.63, 3.8) is 0 Å². The number of nitrogens with two attached hydrogens (primary N) is 1. The molecule has 0 spiro atoms. The Kier molecular flexibility index (Phi) is 3.40. The maximum atomic E-state index is 5.52. The van der Waals surface area contributed by atoms with Crippen LogP contribution in [0.5, 0.6) is 11.6 Å². The predicted octanol–water partition coefficient (Wildman–Crippen LogP) is 1.65. The van der Waals surface area contributed by atoms with Crippen LogP contribution in [0.4, 0.5) is 5.82 Å². The van der Waals surface area contributed by atoms with Crippen LogP contribution in [0.25, 0.3) is 0 Å². The molecular weight excluding hydrogens is 218 g/mol. The van der Waals surface area contributed by atoms with Crippen LogP contribution >= 0.6 is 0 Å². The number of benzene rings is 1. The zero-order valence-electron chi connectivity index (χ0n) is 9.46. The third-order valence-corrected chi connectivity index (χ3v) is 2.18. The number of nitrogen functional groups attached to an aromatic ring is 1. The molecule has 0 unspecified atom stereocenters. The van der Waals surface area contributed by atoms with Crippen molar-refractivity contribution in [2.45, 2.75) is 6.61 Å². The van der Waals surface area contributed by atoms with Crippen LogP contribution < -0.4 is 15.2 Å². The molecule has 0 atom stereocenters. The quantitative estimate of drug-likeness (QED) is 0.866. The molecule has 17 heavy (non-hydrogen) atoms. The van der Waals surface area contributed by atoms with Crippen LogP contribution in [0.15, 0.2) is 36.7 Å². The molecule has 0 amide bonds. The predicted molar refractivity (Wildman–Crippen MR) is 63.8 cm³/mol. The van der Waals surface area contributed by atoms with E-state index < -0.39 is 0 Å². The van der Waals surface area contributed by atoms with Gasteiger partial charge in [0.05, 0.1) is 7.11 Å². The van der Waals surface area contributed by atoms with Gasteiger partial charge in [-0.15, -0.1) is 0 Å². The van der Waals surface area contributed by atoms with Gasteiger partial charge in [-0.25, -0.2) is 9.97 Å². The SMILES string of the molecule is COc1cccc(COc2cc(N)ncn2)c1. The third kappa shape index (κ3) is 3.07. The van der Waals surface area contributed by atoms with Gasteiger partial charge in [0.2, 0.25) is 5.88 Å². The van der Waals surface area contributed by atoms with Gasteiger partial charge in [0.1, 0.15) is 24.5 Å². The summed E-state index contributed by atoms with van der Waals surface area (Å²) in [6, 6.07) is 9.23. The maximum absolute atomic E-state index is 5.52. The number of aromatic nitrogens is 2. The summed E-state index contributed by atoms with van der Waals surface area (Å²) in [4.78, 5) is 7.74. The summed E-state index contributed by atoms with van der Waals surface area (Å²) in [5.74, 6) is 1.65. The lowest BCUT2D eigenvalue weighted by Gasteiger charge is -2.06. The highest BCUT2D eigenvalue weighted by Gasteiger charge is 1.99. The average molecular weight is 231 g/mol. The standard InChI is InChI=1S/C12H13N3O2/c1-16-10-4-2-3-9(5-10)7-17-12-6-11(13)14-8-15-12/h2-6,8H,7H2,1H3,(H2,13,14,15). The molecule has 5 nitrogen and oxygen atoms in total. The van der Waals surface area contributed by atoms with Gasteiger partial charge in [0.15, 0.2) is 0 Å². The molecule has 1 heterocycles. The second-order valence-electron chi connectivity index (χ2n) is 3.42. The topological polar surface area (TPSA) is 70.3 Å². The van der Waals surface area contributed by atoms with E-state index in [0.717, 1.165) is 11.3 Å². The van der Waals surface area contributed by atoms with Crippen molar-refractivity contribution in [3.8, 4) is 11.6 Å². The summed E-state index contributed by atoms with van der Waals surface area (Å²) in [6.45, 7) is 0.410. The van der Waals surface area contributed by atoms with E-state index >= 15 is 0 Å². The first-order valence-corrected chi connectivity index (χ1v) is 5.11. The lowest BCUT2D eigenvalue weighted by atomic mass is 10.2. The van der Waals surface area contributed by atoms with Gasteiger partial charge in [0.25, 0.3) is 0 Å². The number of rotatable bonds is 4. The third-order valence-electron chi connectivity index (χ3n) is 2.18. The molecule has 1 aromatic heterocycles. The Morgan fingerprint density at radius 1 is 1.24 bits per heavy atom. The van der Waals surface area contributed by atoms with E-state index in [0.29, 0.717) is 18.3 Å². The van der Waals surface area contributed by atoms with Crippen molar-refractivity contribution in [2.75, 3.05) is 12.8 Å². The lowest BCUT2D eigenvalue weighted by Crippen LogP contribution is -1.99. The molecule has 2 aromatic rings. The molecular formula is C12H13N3O2. The van der Waals surface area contributed by atoms with Crippen LogP contribution in [-0.2, 0) is 6.61 Å². The molecule has 0 aliphatic heterocycles. The largest absolute Gasteiger partial charge is 0.497 e. The molecule has 0 aliphatic rings. The first kappa shape index (κ1) is 11.2. The van der Waals surface area contributed by atoms with Gasteiger partial charge in [-0.2, -0.15) is 0 Å². The summed E-state index contributed by atoms with van der Waals surface area (Å²) in [5, 5.41) is 0. The van der Waals surface area contributed by atoms with Crippen LogP contribution in [-0.4, -0.2) is 17.1 Å². The Hall–Kier alpha value is -2.30. The van der Waals surface area contributed by atoms with Gasteiger partial charge in [-0.05, 0) is 17.7 Å². The van der Waals surface area contributed by atoms with Gasteiger partial charge < -0.3 is 15.2 Å². The van der Waals surface area contributed by atoms with Crippen molar-refractivity contribution in [2.24, 2.45) is 0 Å². The highest BCUT2D eigenvalue weighted by atomic mass is 16.5. The van der Waals surface area contributed by atoms with E-state index in [1.54, 1.807) is 13.2 Å². The first-order valence-electron chi connectivity index (χ1n) is 5.11. The van der Waals surface area contributed by atoms with Crippen LogP contribution in [0.2, 0.25) is 0 Å². The zero-order chi connectivity index (χ0) is 12.1. The summed E-state index contributed by atoms with van der Waals surface area (Å²) in [7, 11) is 1.63. The molecule has 0 bridgehead atoms. The summed E-state index contributed by atoms with van der Waals surface area (Å²) < 4.78 is 10.6. The number of anilines is 1. The highest BCUT2D eigenvalue weighted by Crippen LogP contribution is 2.15. The Labute approximate surface area is 99.2 Å². The molecule has 0 fully saturated rings. The average Bonchev–Trinajstić information content (AvgIpc) is 2.37. The van der Waals surface area contributed by atoms with E-state index in [1.165, 1.54) is 6.33 Å². The Bertz CT molecular complexity index is 503. The van der Waals surface area contributed by atoms with Crippen LogP contribution in [0, 0.1) is 0 Å². The number of methoxy groups -OCH3 is 1. The number of hydrogen-bond acceptors (Lipinski definition) is 5. The zero-order valence-corrected chi connectivity index (χ0v) is 9.46. The smallest absolute Gasteiger partial charge is 0.218 e. The summed E-state index contributed by atoms with van der Waals surface area (Å²) in [5.41, 5.74) is 6.52. The van der Waals surface area contributed by atoms with Crippen LogP contribution in [0.1, 0.15) is 5.56 Å². The molecule has 0 aliphatic carbocycles. The Morgan fingerprint density at radius 3 is 2.88 bits per heavy atom. The molecule has 2 N–H and O–H groups in total. The van der Waals surface area contributed by atoms with Crippen molar-refractivity contribution in [1.29, 1.82) is 0 Å². The fraction of sp³-hybridized carbons (Fsp3) is 0.167. The molecule has 0 radical (unpaired) electrons. The van der Waals surface area contributed by atoms with Gasteiger partial charge in [0, 0.05) is 6.07 Å². The Balaban J connectivity index is 2.02. The molecule has 88 valence electrons. The maximum Gasteiger partial charge on any atom is 0.218 e. The van der Waals surface area contributed by atoms with E-state index in [2.05, 4.69) is 9.97 Å². The molecule has 1 aromatic carbocycles. The molecule has 0 saturated heterocycles. The monoisotopic (exact) mass is 231 g/mol. The van der Waals surface area contributed by atoms with E-state index in [1.807, 2.05) is 24.3 Å².